The third kappa shape index (κ3) is 7.35. The standard InChI is InChI=1S/C41H46ClN5O5S/c1-51-37-11-3-2-6-21-53(50,44-39(48)18-20-47-35-10-5-4-8-30(35)24-43-47)45-40(49)29-13-17-38-36(23-29)46(25-31-12-15-33(31)37)26-41(27-52-38)19-7-9-28-22-32(42)14-16-34(28)41/h3-5,8,10-11,13-14,16-17,22-24,31,33,37H,2,6-7,9,12,15,18-21,25-27H2,1H3,(H,44,45,48,49,50)/b11-3-/t31-,33+,37-,41-,53?/m0/s1. The molecule has 5 atom stereocenters. The Morgan fingerprint density at radius 2 is 2.02 bits per heavy atom. The molecular weight excluding hydrogens is 710 g/mol. The van der Waals surface area contributed by atoms with E-state index in [1.54, 1.807) is 24.1 Å². The number of benzene rings is 3. The number of hydrogen-bond donors (Lipinski definition) is 1. The minimum absolute atomic E-state index is 0.0343. The zero-order valence-electron chi connectivity index (χ0n) is 30.0. The summed E-state index contributed by atoms with van der Waals surface area (Å²) in [4.78, 5) is 29.7. The number of carbonyl (C=O) groups excluding carboxylic acids is 2. The molecule has 0 saturated heterocycles. The van der Waals surface area contributed by atoms with Crippen molar-refractivity contribution in [1.29, 1.82) is 0 Å². The van der Waals surface area contributed by atoms with Crippen LogP contribution in [0.5, 0.6) is 5.75 Å². The summed E-state index contributed by atoms with van der Waals surface area (Å²) in [7, 11) is -1.69. The van der Waals surface area contributed by atoms with E-state index in [1.807, 2.05) is 42.5 Å². The van der Waals surface area contributed by atoms with Crippen LogP contribution in [0, 0.1) is 11.8 Å². The molecule has 2 amide bonds. The van der Waals surface area contributed by atoms with E-state index < -0.39 is 21.7 Å². The number of halogens is 1. The molecule has 2 bridgehead atoms. The van der Waals surface area contributed by atoms with Gasteiger partial charge in [0, 0.05) is 48.0 Å². The Bertz CT molecular complexity index is 2190. The third-order valence-electron chi connectivity index (χ3n) is 11.6. The average molecular weight is 756 g/mol. The van der Waals surface area contributed by atoms with Crippen molar-refractivity contribution >= 4 is 49.9 Å². The molecule has 3 aromatic carbocycles. The van der Waals surface area contributed by atoms with Crippen LogP contribution in [-0.4, -0.2) is 64.5 Å². The SMILES string of the molecule is CO[C@H]1/C=C\CCCS(=O)(NC(=O)CCn2ncc3ccccc32)=NC(=O)c2ccc3c(c2)N(C[C@@H]2CC[C@H]21)C[C@@]1(CCCc2cc(Cl)ccc21)CO3. The van der Waals surface area contributed by atoms with E-state index in [0.29, 0.717) is 49.1 Å². The smallest absolute Gasteiger partial charge is 0.286 e. The number of amides is 2. The normalized spacial score (nSPS) is 27.8. The number of methoxy groups -OCH3 is 1. The molecule has 278 valence electrons. The van der Waals surface area contributed by atoms with Gasteiger partial charge in [-0.2, -0.15) is 5.10 Å². The van der Waals surface area contributed by atoms with Gasteiger partial charge in [0.1, 0.15) is 15.7 Å². The number of carbonyl (C=O) groups is 2. The van der Waals surface area contributed by atoms with Crippen LogP contribution in [0.2, 0.25) is 5.02 Å². The number of aromatic nitrogens is 2. The lowest BCUT2D eigenvalue weighted by atomic mass is 9.68. The molecule has 1 spiro atoms. The lowest BCUT2D eigenvalue weighted by molar-refractivity contribution is -0.119. The summed E-state index contributed by atoms with van der Waals surface area (Å²) < 4.78 is 35.8. The van der Waals surface area contributed by atoms with Crippen LogP contribution >= 0.6 is 11.6 Å². The Kier molecular flexibility index (Phi) is 10.1. The van der Waals surface area contributed by atoms with Crippen LogP contribution in [0.15, 0.2) is 83.4 Å². The summed E-state index contributed by atoms with van der Waals surface area (Å²) in [5, 5.41) is 6.13. The van der Waals surface area contributed by atoms with Crippen LogP contribution < -0.4 is 14.4 Å². The van der Waals surface area contributed by atoms with Crippen molar-refractivity contribution in [2.45, 2.75) is 69.4 Å². The first-order chi connectivity index (χ1) is 25.7. The molecule has 53 heavy (non-hydrogen) atoms. The Hall–Kier alpha value is -4.19. The molecule has 8 rings (SSSR count). The number of fused-ring (bicyclic) bond motifs is 5. The van der Waals surface area contributed by atoms with Gasteiger partial charge < -0.3 is 14.4 Å². The molecule has 1 aromatic heterocycles. The monoisotopic (exact) mass is 755 g/mol. The van der Waals surface area contributed by atoms with Crippen LogP contribution in [0.4, 0.5) is 5.69 Å². The number of nitrogens with one attached hydrogen (secondary N) is 1. The lowest BCUT2D eigenvalue weighted by Gasteiger charge is -2.46. The summed E-state index contributed by atoms with van der Waals surface area (Å²) in [5.41, 5.74) is 4.33. The second-order valence-electron chi connectivity index (χ2n) is 15.0. The van der Waals surface area contributed by atoms with Crippen molar-refractivity contribution in [3.8, 4) is 5.75 Å². The molecule has 4 aromatic rings. The quantitative estimate of drug-likeness (QED) is 0.213. The van der Waals surface area contributed by atoms with Crippen molar-refractivity contribution in [1.82, 2.24) is 14.5 Å². The average Bonchev–Trinajstić information content (AvgIpc) is 3.49. The fraction of sp³-hybridized carbons (Fsp3) is 0.439. The van der Waals surface area contributed by atoms with E-state index in [2.05, 4.69) is 43.4 Å². The number of nitrogens with zero attached hydrogens (tertiary/aromatic N) is 4. The third-order valence-corrected chi connectivity index (χ3v) is 13.7. The van der Waals surface area contributed by atoms with E-state index in [9.17, 15) is 13.8 Å². The van der Waals surface area contributed by atoms with Gasteiger partial charge in [-0.05, 0) is 104 Å². The molecule has 1 N–H and O–H groups in total. The minimum Gasteiger partial charge on any atom is -0.490 e. The van der Waals surface area contributed by atoms with Crippen LogP contribution in [0.3, 0.4) is 0 Å². The van der Waals surface area contributed by atoms with Gasteiger partial charge in [-0.3, -0.25) is 19.0 Å². The van der Waals surface area contributed by atoms with Gasteiger partial charge in [0.15, 0.2) is 0 Å². The zero-order chi connectivity index (χ0) is 36.6. The number of allylic oxidation sites excluding steroid dienone is 1. The van der Waals surface area contributed by atoms with Gasteiger partial charge in [0.05, 0.1) is 42.4 Å². The van der Waals surface area contributed by atoms with Crippen molar-refractivity contribution in [3.63, 3.8) is 0 Å². The second kappa shape index (κ2) is 14.9. The molecule has 2 aliphatic carbocycles. The van der Waals surface area contributed by atoms with Gasteiger partial charge in [-0.25, -0.2) is 4.21 Å². The predicted octanol–water partition coefficient (Wildman–Crippen LogP) is 7.28. The maximum Gasteiger partial charge on any atom is 0.286 e. The molecule has 3 heterocycles. The number of rotatable bonds is 5. The first-order valence-corrected chi connectivity index (χ1v) is 20.8. The number of aryl methyl sites for hydroxylation is 2. The Balaban J connectivity index is 1.12. The number of anilines is 1. The number of hydrogen-bond acceptors (Lipinski definition) is 7. The van der Waals surface area contributed by atoms with E-state index in [-0.39, 0.29) is 23.7 Å². The molecule has 4 aliphatic rings. The maximum absolute atomic E-state index is 14.4. The van der Waals surface area contributed by atoms with Gasteiger partial charge >= 0.3 is 0 Å². The number of ether oxygens (including phenoxy) is 2. The topological polar surface area (TPSA) is 115 Å². The molecular formula is C41H46ClN5O5S. The molecule has 1 saturated carbocycles. The summed E-state index contributed by atoms with van der Waals surface area (Å²) in [5.74, 6) is 0.408. The molecule has 1 fully saturated rings. The zero-order valence-corrected chi connectivity index (χ0v) is 31.6. The fourth-order valence-electron chi connectivity index (χ4n) is 8.75. The first kappa shape index (κ1) is 35.8. The minimum atomic E-state index is -3.45. The first-order valence-electron chi connectivity index (χ1n) is 18.7. The van der Waals surface area contributed by atoms with Gasteiger partial charge in [-0.1, -0.05) is 48.0 Å². The molecule has 10 nitrogen and oxygen atoms in total. The van der Waals surface area contributed by atoms with Gasteiger partial charge in [-0.15, -0.1) is 4.36 Å². The fourth-order valence-corrected chi connectivity index (χ4v) is 10.6. The van der Waals surface area contributed by atoms with E-state index in [4.69, 9.17) is 21.1 Å². The second-order valence-corrected chi connectivity index (χ2v) is 17.5. The highest BCUT2D eigenvalue weighted by Crippen LogP contribution is 2.47. The van der Waals surface area contributed by atoms with Crippen LogP contribution in [-0.2, 0) is 37.8 Å². The van der Waals surface area contributed by atoms with Crippen molar-refractivity contribution < 1.29 is 23.3 Å². The molecule has 1 unspecified atom stereocenters. The Morgan fingerprint density at radius 3 is 2.87 bits per heavy atom. The highest BCUT2D eigenvalue weighted by Gasteiger charge is 2.44. The van der Waals surface area contributed by atoms with Crippen LogP contribution in [0.25, 0.3) is 10.9 Å². The van der Waals surface area contributed by atoms with Crippen molar-refractivity contribution in [2.24, 2.45) is 16.2 Å². The van der Waals surface area contributed by atoms with Crippen LogP contribution in [0.1, 0.15) is 66.4 Å². The summed E-state index contributed by atoms with van der Waals surface area (Å²) >= 11 is 6.46. The largest absolute Gasteiger partial charge is 0.490 e. The highest BCUT2D eigenvalue weighted by molar-refractivity contribution is 7.92. The molecule has 0 radical (unpaired) electrons. The maximum atomic E-state index is 14.4. The summed E-state index contributed by atoms with van der Waals surface area (Å²) in [6.45, 7) is 2.31. The summed E-state index contributed by atoms with van der Waals surface area (Å²) in [6, 6.07) is 19.4. The lowest BCUT2D eigenvalue weighted by Crippen LogP contribution is -2.49. The van der Waals surface area contributed by atoms with Gasteiger partial charge in [0.2, 0.25) is 5.91 Å². The van der Waals surface area contributed by atoms with Crippen molar-refractivity contribution in [2.75, 3.05) is 37.5 Å². The van der Waals surface area contributed by atoms with E-state index in [1.165, 1.54) is 11.1 Å². The Labute approximate surface area is 316 Å². The summed E-state index contributed by atoms with van der Waals surface area (Å²) in [6.07, 6.45) is 12.2. The molecule has 2 aliphatic heterocycles. The Morgan fingerprint density at radius 1 is 1.13 bits per heavy atom. The number of para-hydroxylation sites is 1. The van der Waals surface area contributed by atoms with E-state index in [0.717, 1.165) is 66.8 Å². The van der Waals surface area contributed by atoms with Gasteiger partial charge in [0.25, 0.3) is 5.91 Å². The molecule has 12 heteroatoms. The predicted molar refractivity (Wildman–Crippen MR) is 208 cm³/mol. The van der Waals surface area contributed by atoms with E-state index >= 15 is 0 Å². The van der Waals surface area contributed by atoms with Crippen molar-refractivity contribution in [3.05, 3.63) is 101 Å². The highest BCUT2D eigenvalue weighted by atomic mass is 35.5.